The van der Waals surface area contributed by atoms with Crippen LogP contribution in [0, 0.1) is 23.2 Å². The molecular weight excluding hydrogens is 466 g/mol. The molecule has 36 heavy (non-hydrogen) atoms. The molecule has 2 N–H and O–H groups in total. The quantitative estimate of drug-likeness (QED) is 0.235. The third-order valence-electron chi connectivity index (χ3n) is 8.58. The first-order chi connectivity index (χ1) is 17.3. The molecule has 1 heterocycles. The maximum Gasteiger partial charge on any atom is 0.303 e. The minimum Gasteiger partial charge on any atom is -0.481 e. The van der Waals surface area contributed by atoms with E-state index in [0.29, 0.717) is 18.3 Å². The number of fused-ring (bicyclic) bond motifs is 3. The average Bonchev–Trinajstić information content (AvgIpc) is 3.30. The first-order valence-corrected chi connectivity index (χ1v) is 13.9. The molecule has 2 aromatic carbocycles. The van der Waals surface area contributed by atoms with Crippen LogP contribution in [0.1, 0.15) is 62.7 Å². The van der Waals surface area contributed by atoms with Crippen molar-refractivity contribution in [3.05, 3.63) is 72.3 Å². The highest BCUT2D eigenvalue weighted by Crippen LogP contribution is 2.61. The molecule has 3 aliphatic carbocycles. The van der Waals surface area contributed by atoms with E-state index in [4.69, 9.17) is 5.11 Å². The zero-order valence-electron chi connectivity index (χ0n) is 21.1. The molecule has 1 aromatic heterocycles. The van der Waals surface area contributed by atoms with Crippen molar-refractivity contribution in [3.8, 4) is 10.4 Å². The van der Waals surface area contributed by atoms with Crippen molar-refractivity contribution in [2.24, 2.45) is 23.2 Å². The summed E-state index contributed by atoms with van der Waals surface area (Å²) >= 11 is 1.76. The zero-order valence-corrected chi connectivity index (χ0v) is 21.9. The Hall–Kier alpha value is -2.92. The van der Waals surface area contributed by atoms with Crippen LogP contribution in [0.2, 0.25) is 0 Å². The van der Waals surface area contributed by atoms with Gasteiger partial charge in [-0.1, -0.05) is 56.3 Å². The van der Waals surface area contributed by atoms with Gasteiger partial charge in [-0.15, -0.1) is 11.3 Å². The van der Waals surface area contributed by atoms with Crippen LogP contribution in [0.5, 0.6) is 0 Å². The second kappa shape index (κ2) is 10.2. The van der Waals surface area contributed by atoms with Crippen LogP contribution in [-0.4, -0.2) is 23.0 Å². The summed E-state index contributed by atoms with van der Waals surface area (Å²) in [4.78, 5) is 25.4. The number of hydrogen-bond donors (Lipinski definition) is 2. The number of nitrogens with one attached hydrogen (secondary N) is 1. The lowest BCUT2D eigenvalue weighted by Gasteiger charge is -2.62. The van der Waals surface area contributed by atoms with Gasteiger partial charge in [-0.25, -0.2) is 0 Å². The fourth-order valence-electron chi connectivity index (χ4n) is 6.29. The van der Waals surface area contributed by atoms with Crippen LogP contribution in [-0.2, 0) is 4.79 Å². The molecule has 5 heteroatoms. The molecule has 0 aliphatic heterocycles. The van der Waals surface area contributed by atoms with Crippen molar-refractivity contribution in [2.45, 2.75) is 58.4 Å². The van der Waals surface area contributed by atoms with E-state index < -0.39 is 5.97 Å². The van der Waals surface area contributed by atoms with Crippen molar-refractivity contribution in [1.29, 1.82) is 0 Å². The van der Waals surface area contributed by atoms with Gasteiger partial charge in [-0.3, -0.25) is 9.59 Å². The Morgan fingerprint density at radius 1 is 1.08 bits per heavy atom. The summed E-state index contributed by atoms with van der Waals surface area (Å²) in [5.74, 6) is 0.930. The summed E-state index contributed by atoms with van der Waals surface area (Å²) in [5, 5.41) is 13.4. The Balaban J connectivity index is 1.29. The number of aliphatic carboxylic acids is 1. The van der Waals surface area contributed by atoms with E-state index in [0.717, 1.165) is 36.1 Å². The van der Waals surface area contributed by atoms with Gasteiger partial charge in [-0.2, -0.15) is 0 Å². The number of thiophene rings is 1. The first-order valence-electron chi connectivity index (χ1n) is 13.1. The smallest absolute Gasteiger partial charge is 0.303 e. The molecule has 0 unspecified atom stereocenters. The maximum absolute atomic E-state index is 13.5. The normalized spacial score (nSPS) is 24.5. The number of unbranched alkanes of at least 4 members (excludes halogenated alkanes) is 1. The molecule has 2 bridgehead atoms. The first kappa shape index (κ1) is 24.8. The summed E-state index contributed by atoms with van der Waals surface area (Å²) in [6.07, 6.45) is 9.26. The van der Waals surface area contributed by atoms with E-state index >= 15 is 0 Å². The summed E-state index contributed by atoms with van der Waals surface area (Å²) in [6.45, 7) is 4.71. The topological polar surface area (TPSA) is 66.4 Å². The molecule has 1 amide bonds. The molecule has 3 aromatic rings. The number of carbonyl (C=O) groups is 2. The second-order valence-corrected chi connectivity index (χ2v) is 12.2. The van der Waals surface area contributed by atoms with E-state index in [1.54, 1.807) is 11.3 Å². The maximum atomic E-state index is 13.5. The van der Waals surface area contributed by atoms with Crippen LogP contribution >= 0.6 is 11.3 Å². The van der Waals surface area contributed by atoms with E-state index in [1.807, 2.05) is 18.2 Å². The average molecular weight is 502 g/mol. The molecule has 6 rings (SSSR count). The molecule has 0 saturated heterocycles. The molecule has 4 atom stereocenters. The number of allylic oxidation sites excluding steroid dienone is 2. The molecule has 188 valence electrons. The van der Waals surface area contributed by atoms with Gasteiger partial charge >= 0.3 is 5.97 Å². The number of benzene rings is 2. The van der Waals surface area contributed by atoms with Gasteiger partial charge in [0.15, 0.2) is 0 Å². The fraction of sp³-hybridized carbons (Fsp3) is 0.419. The zero-order chi connectivity index (χ0) is 25.3. The Labute approximate surface area is 217 Å². The predicted octanol–water partition coefficient (Wildman–Crippen LogP) is 7.55. The third-order valence-corrected chi connectivity index (χ3v) is 9.74. The van der Waals surface area contributed by atoms with Crippen molar-refractivity contribution in [2.75, 3.05) is 0 Å². The largest absolute Gasteiger partial charge is 0.481 e. The number of hydrogen-bond acceptors (Lipinski definition) is 3. The summed E-state index contributed by atoms with van der Waals surface area (Å²) < 4.78 is 1.19. The monoisotopic (exact) mass is 501 g/mol. The molecule has 3 saturated carbocycles. The van der Waals surface area contributed by atoms with Gasteiger partial charge in [0.2, 0.25) is 0 Å². The van der Waals surface area contributed by atoms with Gasteiger partial charge in [0.1, 0.15) is 0 Å². The van der Waals surface area contributed by atoms with Gasteiger partial charge < -0.3 is 10.4 Å². The fourth-order valence-corrected chi connectivity index (χ4v) is 7.34. The molecule has 4 nitrogen and oxygen atoms in total. The molecule has 3 aliphatic rings. The van der Waals surface area contributed by atoms with Gasteiger partial charge in [0.25, 0.3) is 5.91 Å². The molecule has 0 radical (unpaired) electrons. The Morgan fingerprint density at radius 2 is 1.89 bits per heavy atom. The number of carboxylic acids is 1. The SMILES string of the molecule is CC1(C)[C@@H]2C[C@H](C/C=C/CCCC(=O)O)[C@@H](NC(=O)c3ccc4sc(-c5ccccc5)cc4c3)[C@H]1C2. The van der Waals surface area contributed by atoms with Crippen LogP contribution in [0.25, 0.3) is 20.5 Å². The van der Waals surface area contributed by atoms with Gasteiger partial charge in [0, 0.05) is 27.6 Å². The second-order valence-electron chi connectivity index (χ2n) is 11.1. The number of amides is 1. The minimum atomic E-state index is -0.738. The van der Waals surface area contributed by atoms with Crippen LogP contribution in [0.15, 0.2) is 66.7 Å². The molecule has 0 spiro atoms. The summed E-state index contributed by atoms with van der Waals surface area (Å²) in [7, 11) is 0. The third kappa shape index (κ3) is 4.99. The summed E-state index contributed by atoms with van der Waals surface area (Å²) in [6, 6.07) is 18.8. The number of rotatable bonds is 9. The number of carbonyl (C=O) groups excluding carboxylic acids is 1. The highest BCUT2D eigenvalue weighted by Gasteiger charge is 2.57. The highest BCUT2D eigenvalue weighted by atomic mass is 32.1. The van der Waals surface area contributed by atoms with Crippen molar-refractivity contribution >= 4 is 33.3 Å². The van der Waals surface area contributed by atoms with Gasteiger partial charge in [0.05, 0.1) is 0 Å². The van der Waals surface area contributed by atoms with Gasteiger partial charge in [-0.05, 0) is 90.5 Å². The lowest BCUT2D eigenvalue weighted by atomic mass is 9.44. The van der Waals surface area contributed by atoms with E-state index in [9.17, 15) is 9.59 Å². The van der Waals surface area contributed by atoms with Crippen LogP contribution < -0.4 is 5.32 Å². The summed E-state index contributed by atoms with van der Waals surface area (Å²) in [5.41, 5.74) is 2.19. The number of carboxylic acid groups (broad SMARTS) is 1. The lowest BCUT2D eigenvalue weighted by Crippen LogP contribution is -2.63. The Kier molecular flexibility index (Phi) is 7.03. The molecular formula is C31H35NO3S. The minimum absolute atomic E-state index is 0.0194. The standard InChI is InChI=1S/C31H35NO3S/c1-31(2)24-17-21(12-6-3-4-9-13-28(33)34)29(25(31)19-24)32-30(35)22-14-15-26-23(16-22)18-27(36-26)20-10-7-5-8-11-20/h3,5-8,10-11,14-16,18,21,24-25,29H,4,9,12-13,17,19H2,1-2H3,(H,32,35)(H,33,34)/b6-3+/t21-,24+,25+,29+/m0/s1. The highest BCUT2D eigenvalue weighted by molar-refractivity contribution is 7.22. The van der Waals surface area contributed by atoms with E-state index in [-0.39, 0.29) is 23.8 Å². The van der Waals surface area contributed by atoms with Crippen molar-refractivity contribution in [1.82, 2.24) is 5.32 Å². The Morgan fingerprint density at radius 3 is 2.64 bits per heavy atom. The molecule has 3 fully saturated rings. The van der Waals surface area contributed by atoms with E-state index in [2.05, 4.69) is 67.7 Å². The van der Waals surface area contributed by atoms with Crippen molar-refractivity contribution in [3.63, 3.8) is 0 Å². The predicted molar refractivity (Wildman–Crippen MR) is 147 cm³/mol. The van der Waals surface area contributed by atoms with Crippen molar-refractivity contribution < 1.29 is 14.7 Å². The Bertz CT molecular complexity index is 1280. The van der Waals surface area contributed by atoms with Crippen LogP contribution in [0.4, 0.5) is 0 Å². The van der Waals surface area contributed by atoms with E-state index in [1.165, 1.54) is 21.6 Å². The lowest BCUT2D eigenvalue weighted by molar-refractivity contribution is -0.137. The van der Waals surface area contributed by atoms with Crippen LogP contribution in [0.3, 0.4) is 0 Å².